The van der Waals surface area contributed by atoms with Crippen LogP contribution in [0.5, 0.6) is 0 Å². The highest BCUT2D eigenvalue weighted by Crippen LogP contribution is 2.34. The average molecular weight is 402 g/mol. The first-order chi connectivity index (χ1) is 14.5. The Morgan fingerprint density at radius 3 is 2.43 bits per heavy atom. The normalized spacial score (nSPS) is 17.3. The number of anilines is 1. The number of para-hydroxylation sites is 1. The molecule has 3 heterocycles. The zero-order valence-electron chi connectivity index (χ0n) is 16.2. The highest BCUT2D eigenvalue weighted by atomic mass is 16.7. The van der Waals surface area contributed by atoms with Crippen molar-refractivity contribution < 1.29 is 23.6 Å². The average Bonchev–Trinajstić information content (AvgIpc) is 3.41. The maximum absolute atomic E-state index is 12.8. The summed E-state index contributed by atoms with van der Waals surface area (Å²) in [5.41, 5.74) is 2.95. The molecule has 2 amide bonds. The molecule has 30 heavy (non-hydrogen) atoms. The van der Waals surface area contributed by atoms with Gasteiger partial charge in [-0.25, -0.2) is 4.79 Å². The Morgan fingerprint density at radius 1 is 1.03 bits per heavy atom. The molecule has 3 aromatic rings. The van der Waals surface area contributed by atoms with Gasteiger partial charge in [0.1, 0.15) is 11.3 Å². The zero-order valence-corrected chi connectivity index (χ0v) is 16.2. The summed E-state index contributed by atoms with van der Waals surface area (Å²) >= 11 is 0. The molecular formula is C23H18N2O5. The number of carbonyl (C=O) groups is 3. The minimum Gasteiger partial charge on any atom is -0.467 e. The molecule has 150 valence electrons. The first-order valence-electron chi connectivity index (χ1n) is 9.65. The summed E-state index contributed by atoms with van der Waals surface area (Å²) in [5.74, 6) is -1.71. The topological polar surface area (TPSA) is 80.1 Å². The lowest BCUT2D eigenvalue weighted by Crippen LogP contribution is -2.33. The second kappa shape index (κ2) is 6.88. The van der Waals surface area contributed by atoms with Crippen molar-refractivity contribution in [3.05, 3.63) is 88.9 Å². The molecule has 2 aromatic carbocycles. The number of nitrogens with zero attached hydrogens (tertiary/aromatic N) is 2. The maximum Gasteiger partial charge on any atom is 0.367 e. The van der Waals surface area contributed by atoms with Gasteiger partial charge in [-0.3, -0.25) is 9.59 Å². The van der Waals surface area contributed by atoms with Crippen LogP contribution in [0.2, 0.25) is 0 Å². The molecule has 0 radical (unpaired) electrons. The van der Waals surface area contributed by atoms with Gasteiger partial charge in [-0.15, -0.1) is 0 Å². The molecular weight excluding hydrogens is 384 g/mol. The van der Waals surface area contributed by atoms with Crippen molar-refractivity contribution in [2.24, 2.45) is 0 Å². The van der Waals surface area contributed by atoms with E-state index < -0.39 is 17.8 Å². The Morgan fingerprint density at radius 2 is 1.70 bits per heavy atom. The Balaban J connectivity index is 1.36. The molecule has 1 unspecified atom stereocenters. The van der Waals surface area contributed by atoms with Gasteiger partial charge in [0.15, 0.2) is 0 Å². The maximum atomic E-state index is 12.8. The SMILES string of the molecule is CC1Cc2ccccc2N1Cc1occc1C(=O)ON1C(=O)c2ccccc2C1=O. The highest BCUT2D eigenvalue weighted by Gasteiger charge is 2.39. The van der Waals surface area contributed by atoms with Crippen molar-refractivity contribution in [2.45, 2.75) is 25.9 Å². The van der Waals surface area contributed by atoms with Crippen LogP contribution < -0.4 is 4.90 Å². The first kappa shape index (κ1) is 18.2. The third kappa shape index (κ3) is 2.78. The molecule has 0 bridgehead atoms. The van der Waals surface area contributed by atoms with E-state index in [1.807, 2.05) is 18.2 Å². The molecule has 0 aliphatic carbocycles. The lowest BCUT2D eigenvalue weighted by Gasteiger charge is -2.24. The van der Waals surface area contributed by atoms with Crippen molar-refractivity contribution in [3.8, 4) is 0 Å². The molecule has 7 heteroatoms. The van der Waals surface area contributed by atoms with Crippen LogP contribution in [0, 0.1) is 0 Å². The molecule has 7 nitrogen and oxygen atoms in total. The summed E-state index contributed by atoms with van der Waals surface area (Å²) in [6.45, 7) is 2.48. The third-order valence-corrected chi connectivity index (χ3v) is 5.56. The molecule has 0 saturated carbocycles. The lowest BCUT2D eigenvalue weighted by atomic mass is 10.1. The molecule has 1 atom stereocenters. The van der Waals surface area contributed by atoms with Crippen LogP contribution in [0.15, 0.2) is 65.3 Å². The van der Waals surface area contributed by atoms with Crippen LogP contribution in [0.3, 0.4) is 0 Å². The van der Waals surface area contributed by atoms with Gasteiger partial charge in [0.2, 0.25) is 0 Å². The van der Waals surface area contributed by atoms with Gasteiger partial charge in [0.05, 0.1) is 23.9 Å². The molecule has 0 spiro atoms. The van der Waals surface area contributed by atoms with Crippen LogP contribution in [0.4, 0.5) is 5.69 Å². The monoisotopic (exact) mass is 402 g/mol. The number of carbonyl (C=O) groups excluding carboxylic acids is 3. The molecule has 0 fully saturated rings. The molecule has 1 aromatic heterocycles. The number of amides is 2. The Kier molecular flexibility index (Phi) is 4.17. The van der Waals surface area contributed by atoms with Crippen LogP contribution in [0.25, 0.3) is 0 Å². The predicted molar refractivity (Wildman–Crippen MR) is 107 cm³/mol. The van der Waals surface area contributed by atoms with E-state index in [9.17, 15) is 14.4 Å². The third-order valence-electron chi connectivity index (χ3n) is 5.56. The highest BCUT2D eigenvalue weighted by molar-refractivity contribution is 6.21. The van der Waals surface area contributed by atoms with Gasteiger partial charge in [0.25, 0.3) is 11.8 Å². The van der Waals surface area contributed by atoms with E-state index in [4.69, 9.17) is 9.25 Å². The lowest BCUT2D eigenvalue weighted by molar-refractivity contribution is -0.0586. The van der Waals surface area contributed by atoms with Crippen LogP contribution in [-0.4, -0.2) is 28.9 Å². The standard InChI is InChI=1S/C23H18N2O5/c1-14-12-15-6-2-5-9-19(15)24(14)13-20-18(10-11-29-20)23(28)30-25-21(26)16-7-3-4-8-17(16)22(25)27/h2-11,14H,12-13H2,1H3. The van der Waals surface area contributed by atoms with Crippen molar-refractivity contribution in [1.29, 1.82) is 0 Å². The Hall–Kier alpha value is -3.87. The number of benzene rings is 2. The van der Waals surface area contributed by atoms with Gasteiger partial charge in [-0.05, 0) is 43.2 Å². The van der Waals surface area contributed by atoms with E-state index in [-0.39, 0.29) is 22.7 Å². The van der Waals surface area contributed by atoms with Crippen molar-refractivity contribution >= 4 is 23.5 Å². The minimum atomic E-state index is -0.812. The van der Waals surface area contributed by atoms with Crippen LogP contribution in [0.1, 0.15) is 49.3 Å². The summed E-state index contributed by atoms with van der Waals surface area (Å²) in [4.78, 5) is 45.0. The van der Waals surface area contributed by atoms with Crippen LogP contribution >= 0.6 is 0 Å². The van der Waals surface area contributed by atoms with E-state index in [1.54, 1.807) is 12.1 Å². The molecule has 0 saturated heterocycles. The Bertz CT molecular complexity index is 1150. The molecule has 2 aliphatic heterocycles. The second-order valence-corrected chi connectivity index (χ2v) is 7.40. The number of hydrogen-bond donors (Lipinski definition) is 0. The van der Waals surface area contributed by atoms with Crippen LogP contribution in [-0.2, 0) is 17.8 Å². The summed E-state index contributed by atoms with van der Waals surface area (Å²) in [5, 5.41) is 0.511. The predicted octanol–water partition coefficient (Wildman–Crippen LogP) is 3.60. The number of hydroxylamine groups is 2. The zero-order chi connectivity index (χ0) is 20.8. The second-order valence-electron chi connectivity index (χ2n) is 7.40. The summed E-state index contributed by atoms with van der Waals surface area (Å²) in [6, 6.07) is 16.2. The van der Waals surface area contributed by atoms with E-state index in [1.165, 1.54) is 30.0 Å². The quantitative estimate of drug-likeness (QED) is 0.621. The fraction of sp³-hybridized carbons (Fsp3) is 0.174. The van der Waals surface area contributed by atoms with E-state index in [0.29, 0.717) is 17.4 Å². The molecule has 2 aliphatic rings. The van der Waals surface area contributed by atoms with Crippen molar-refractivity contribution in [1.82, 2.24) is 5.06 Å². The summed E-state index contributed by atoms with van der Waals surface area (Å²) < 4.78 is 5.56. The van der Waals surface area contributed by atoms with E-state index in [2.05, 4.69) is 17.9 Å². The first-order valence-corrected chi connectivity index (χ1v) is 9.65. The molecule has 0 N–H and O–H groups in total. The summed E-state index contributed by atoms with van der Waals surface area (Å²) in [7, 11) is 0. The van der Waals surface area contributed by atoms with Gasteiger partial charge in [-0.2, -0.15) is 0 Å². The van der Waals surface area contributed by atoms with Gasteiger partial charge >= 0.3 is 5.97 Å². The summed E-state index contributed by atoms with van der Waals surface area (Å²) in [6.07, 6.45) is 2.31. The van der Waals surface area contributed by atoms with Crippen molar-refractivity contribution in [2.75, 3.05) is 4.90 Å². The molecule has 5 rings (SSSR count). The largest absolute Gasteiger partial charge is 0.467 e. The van der Waals surface area contributed by atoms with Crippen molar-refractivity contribution in [3.63, 3.8) is 0 Å². The number of rotatable bonds is 4. The smallest absolute Gasteiger partial charge is 0.367 e. The van der Waals surface area contributed by atoms with Gasteiger partial charge in [-0.1, -0.05) is 35.4 Å². The van der Waals surface area contributed by atoms with E-state index >= 15 is 0 Å². The number of fused-ring (bicyclic) bond motifs is 2. The number of hydrogen-bond acceptors (Lipinski definition) is 6. The number of imide groups is 1. The van der Waals surface area contributed by atoms with Gasteiger partial charge in [0, 0.05) is 11.7 Å². The minimum absolute atomic E-state index is 0.183. The fourth-order valence-corrected chi connectivity index (χ4v) is 4.05. The van der Waals surface area contributed by atoms with Gasteiger partial charge < -0.3 is 14.2 Å². The number of furan rings is 1. The fourth-order valence-electron chi connectivity index (χ4n) is 4.05. The Labute approximate surface area is 172 Å². The van der Waals surface area contributed by atoms with E-state index in [0.717, 1.165) is 12.1 Å².